The van der Waals surface area contributed by atoms with Gasteiger partial charge in [-0.3, -0.25) is 4.79 Å². The third kappa shape index (κ3) is 5.64. The molecular weight excluding hydrogens is 164 g/mol. The van der Waals surface area contributed by atoms with Gasteiger partial charge in [0.1, 0.15) is 0 Å². The SMILES string of the molecule is CCC.CCC(=O)N1CCNCC1. The number of carbonyl (C=O) groups excluding carboxylic acids is 1. The quantitative estimate of drug-likeness (QED) is 0.668. The molecule has 1 amide bonds. The van der Waals surface area contributed by atoms with Crippen molar-refractivity contribution in [1.29, 1.82) is 0 Å². The Balaban J connectivity index is 0.000000424. The molecule has 0 aromatic rings. The maximum Gasteiger partial charge on any atom is 0.222 e. The molecule has 13 heavy (non-hydrogen) atoms. The van der Waals surface area contributed by atoms with Gasteiger partial charge in [0.2, 0.25) is 5.91 Å². The molecule has 0 saturated carbocycles. The lowest BCUT2D eigenvalue weighted by Crippen LogP contribution is -2.46. The lowest BCUT2D eigenvalue weighted by atomic mass is 10.3. The highest BCUT2D eigenvalue weighted by molar-refractivity contribution is 5.75. The third-order valence-electron chi connectivity index (χ3n) is 1.77. The molecule has 1 rings (SSSR count). The van der Waals surface area contributed by atoms with E-state index in [9.17, 15) is 4.79 Å². The summed E-state index contributed by atoms with van der Waals surface area (Å²) >= 11 is 0. The van der Waals surface area contributed by atoms with Crippen molar-refractivity contribution in [3.63, 3.8) is 0 Å². The average molecular weight is 186 g/mol. The van der Waals surface area contributed by atoms with Gasteiger partial charge in [-0.05, 0) is 0 Å². The van der Waals surface area contributed by atoms with Gasteiger partial charge in [-0.1, -0.05) is 27.2 Å². The molecule has 1 saturated heterocycles. The molecule has 1 aliphatic rings. The van der Waals surface area contributed by atoms with Crippen LogP contribution in [0.25, 0.3) is 0 Å². The second kappa shape index (κ2) is 8.05. The lowest BCUT2D eigenvalue weighted by Gasteiger charge is -2.26. The third-order valence-corrected chi connectivity index (χ3v) is 1.77. The maximum atomic E-state index is 11.1. The molecule has 0 unspecified atom stereocenters. The summed E-state index contributed by atoms with van der Waals surface area (Å²) in [5.74, 6) is 0.279. The first kappa shape index (κ1) is 12.4. The van der Waals surface area contributed by atoms with E-state index in [4.69, 9.17) is 0 Å². The maximum absolute atomic E-state index is 11.1. The van der Waals surface area contributed by atoms with Crippen LogP contribution >= 0.6 is 0 Å². The van der Waals surface area contributed by atoms with Crippen molar-refractivity contribution in [2.24, 2.45) is 0 Å². The standard InChI is InChI=1S/C7H14N2O.C3H8/c1-2-7(10)9-5-3-8-4-6-9;1-3-2/h8H,2-6H2,1H3;3H2,1-2H3. The zero-order chi connectivity index (χ0) is 10.1. The van der Waals surface area contributed by atoms with E-state index in [1.54, 1.807) is 0 Å². The molecular formula is C10H22N2O. The Kier molecular flexibility index (Phi) is 7.69. The first-order valence-electron chi connectivity index (χ1n) is 5.24. The van der Waals surface area contributed by atoms with E-state index in [1.807, 2.05) is 11.8 Å². The van der Waals surface area contributed by atoms with Crippen molar-refractivity contribution in [1.82, 2.24) is 10.2 Å². The van der Waals surface area contributed by atoms with E-state index < -0.39 is 0 Å². The van der Waals surface area contributed by atoms with Crippen molar-refractivity contribution in [3.05, 3.63) is 0 Å². The van der Waals surface area contributed by atoms with Crippen LogP contribution in [0.15, 0.2) is 0 Å². The number of rotatable bonds is 1. The molecule has 0 aromatic carbocycles. The Labute approximate surface area is 81.5 Å². The fourth-order valence-electron chi connectivity index (χ4n) is 1.14. The van der Waals surface area contributed by atoms with Crippen LogP contribution in [-0.2, 0) is 4.79 Å². The van der Waals surface area contributed by atoms with Gasteiger partial charge in [0, 0.05) is 32.6 Å². The normalized spacial score (nSPS) is 16.1. The number of nitrogens with one attached hydrogen (secondary N) is 1. The van der Waals surface area contributed by atoms with Crippen molar-refractivity contribution in [2.75, 3.05) is 26.2 Å². The highest BCUT2D eigenvalue weighted by Gasteiger charge is 2.12. The summed E-state index contributed by atoms with van der Waals surface area (Å²) in [5.41, 5.74) is 0. The summed E-state index contributed by atoms with van der Waals surface area (Å²) in [7, 11) is 0. The summed E-state index contributed by atoms with van der Waals surface area (Å²) in [5, 5.41) is 3.20. The molecule has 0 bridgehead atoms. The molecule has 1 fully saturated rings. The Hall–Kier alpha value is -0.570. The van der Waals surface area contributed by atoms with Gasteiger partial charge in [0.15, 0.2) is 0 Å². The van der Waals surface area contributed by atoms with Gasteiger partial charge in [0.05, 0.1) is 0 Å². The summed E-state index contributed by atoms with van der Waals surface area (Å²) in [6.45, 7) is 9.82. The molecule has 3 heteroatoms. The van der Waals surface area contributed by atoms with Gasteiger partial charge < -0.3 is 10.2 Å². The van der Waals surface area contributed by atoms with Crippen molar-refractivity contribution in [3.8, 4) is 0 Å². The zero-order valence-electron chi connectivity index (χ0n) is 9.10. The zero-order valence-corrected chi connectivity index (χ0v) is 9.10. The van der Waals surface area contributed by atoms with Crippen LogP contribution in [-0.4, -0.2) is 37.0 Å². The Bertz CT molecular complexity index is 131. The molecule has 0 atom stereocenters. The summed E-state index contributed by atoms with van der Waals surface area (Å²) in [4.78, 5) is 13.0. The van der Waals surface area contributed by atoms with E-state index in [1.165, 1.54) is 6.42 Å². The summed E-state index contributed by atoms with van der Waals surface area (Å²) in [6, 6.07) is 0. The highest BCUT2D eigenvalue weighted by atomic mass is 16.2. The number of hydrogen-bond acceptors (Lipinski definition) is 2. The predicted octanol–water partition coefficient (Wildman–Crippen LogP) is 1.24. The van der Waals surface area contributed by atoms with Crippen molar-refractivity contribution < 1.29 is 4.79 Å². The summed E-state index contributed by atoms with van der Waals surface area (Å²) < 4.78 is 0. The van der Waals surface area contributed by atoms with Crippen LogP contribution in [0.1, 0.15) is 33.6 Å². The van der Waals surface area contributed by atoms with Gasteiger partial charge in [-0.2, -0.15) is 0 Å². The molecule has 0 radical (unpaired) electrons. The van der Waals surface area contributed by atoms with E-state index in [-0.39, 0.29) is 5.91 Å². The summed E-state index contributed by atoms with van der Waals surface area (Å²) in [6.07, 6.45) is 1.89. The Morgan fingerprint density at radius 1 is 1.23 bits per heavy atom. The highest BCUT2D eigenvalue weighted by Crippen LogP contribution is 1.95. The first-order valence-corrected chi connectivity index (χ1v) is 5.24. The largest absolute Gasteiger partial charge is 0.340 e. The van der Waals surface area contributed by atoms with Crippen LogP contribution in [0.2, 0.25) is 0 Å². The van der Waals surface area contributed by atoms with Crippen LogP contribution < -0.4 is 5.32 Å². The van der Waals surface area contributed by atoms with E-state index in [0.29, 0.717) is 6.42 Å². The molecule has 1 aliphatic heterocycles. The van der Waals surface area contributed by atoms with Gasteiger partial charge in [0.25, 0.3) is 0 Å². The second-order valence-corrected chi connectivity index (χ2v) is 3.19. The molecule has 0 spiro atoms. The average Bonchev–Trinajstić information content (AvgIpc) is 2.19. The van der Waals surface area contributed by atoms with Gasteiger partial charge >= 0.3 is 0 Å². The fraction of sp³-hybridized carbons (Fsp3) is 0.900. The minimum atomic E-state index is 0.279. The molecule has 3 nitrogen and oxygen atoms in total. The van der Waals surface area contributed by atoms with E-state index in [2.05, 4.69) is 19.2 Å². The van der Waals surface area contributed by atoms with Crippen LogP contribution in [0.5, 0.6) is 0 Å². The predicted molar refractivity (Wildman–Crippen MR) is 55.7 cm³/mol. The number of carbonyl (C=O) groups is 1. The number of nitrogens with zero attached hydrogens (tertiary/aromatic N) is 1. The number of hydrogen-bond donors (Lipinski definition) is 1. The van der Waals surface area contributed by atoms with Gasteiger partial charge in [-0.15, -0.1) is 0 Å². The second-order valence-electron chi connectivity index (χ2n) is 3.19. The fourth-order valence-corrected chi connectivity index (χ4v) is 1.14. The Morgan fingerprint density at radius 3 is 2.08 bits per heavy atom. The minimum absolute atomic E-state index is 0.279. The van der Waals surface area contributed by atoms with E-state index >= 15 is 0 Å². The van der Waals surface area contributed by atoms with Gasteiger partial charge in [-0.25, -0.2) is 0 Å². The lowest BCUT2D eigenvalue weighted by molar-refractivity contribution is -0.131. The van der Waals surface area contributed by atoms with Crippen LogP contribution in [0.4, 0.5) is 0 Å². The minimum Gasteiger partial charge on any atom is -0.340 e. The Morgan fingerprint density at radius 2 is 1.69 bits per heavy atom. The van der Waals surface area contributed by atoms with Crippen LogP contribution in [0.3, 0.4) is 0 Å². The first-order chi connectivity index (χ1) is 6.26. The smallest absolute Gasteiger partial charge is 0.222 e. The van der Waals surface area contributed by atoms with Crippen molar-refractivity contribution in [2.45, 2.75) is 33.6 Å². The molecule has 78 valence electrons. The monoisotopic (exact) mass is 186 g/mol. The number of piperazine rings is 1. The molecule has 1 N–H and O–H groups in total. The van der Waals surface area contributed by atoms with Crippen molar-refractivity contribution >= 4 is 5.91 Å². The molecule has 0 aromatic heterocycles. The number of amides is 1. The topological polar surface area (TPSA) is 32.3 Å². The van der Waals surface area contributed by atoms with E-state index in [0.717, 1.165) is 26.2 Å². The molecule has 0 aliphatic carbocycles. The van der Waals surface area contributed by atoms with Crippen LogP contribution in [0, 0.1) is 0 Å². The molecule has 1 heterocycles.